The second kappa shape index (κ2) is 9.79. The molecule has 0 unspecified atom stereocenters. The van der Waals surface area contributed by atoms with Crippen molar-refractivity contribution >= 4 is 17.4 Å². The molecule has 164 valence electrons. The molecule has 30 heavy (non-hydrogen) atoms. The zero-order chi connectivity index (χ0) is 20.9. The molecular formula is C23H35N5O2. The minimum absolute atomic E-state index is 0.0302. The van der Waals surface area contributed by atoms with Crippen LogP contribution in [0.2, 0.25) is 0 Å². The molecule has 1 saturated heterocycles. The van der Waals surface area contributed by atoms with Gasteiger partial charge in [0.15, 0.2) is 0 Å². The van der Waals surface area contributed by atoms with Crippen LogP contribution >= 0.6 is 0 Å². The van der Waals surface area contributed by atoms with Crippen LogP contribution < -0.4 is 10.2 Å². The van der Waals surface area contributed by atoms with Gasteiger partial charge in [-0.2, -0.15) is 0 Å². The van der Waals surface area contributed by atoms with E-state index < -0.39 is 0 Å². The molecule has 2 fully saturated rings. The standard InChI is InChI=1S/C23H35N5O2/c1-18-23(26(2)16-19-6-4-3-5-7-19)28-17-20(8-9-21(28)25-18)22(29)24-10-11-27-12-14-30-15-13-27/h8-9,17,19H,3-7,10-16H2,1-2H3,(H,24,29). The van der Waals surface area contributed by atoms with E-state index in [1.54, 1.807) is 0 Å². The molecule has 3 heterocycles. The van der Waals surface area contributed by atoms with E-state index in [0.29, 0.717) is 12.1 Å². The summed E-state index contributed by atoms with van der Waals surface area (Å²) in [6.07, 6.45) is 8.64. The van der Waals surface area contributed by atoms with Crippen molar-refractivity contribution in [1.29, 1.82) is 0 Å². The molecule has 2 aromatic heterocycles. The quantitative estimate of drug-likeness (QED) is 0.756. The Morgan fingerprint density at radius 1 is 1.23 bits per heavy atom. The molecule has 2 aliphatic rings. The molecule has 0 atom stereocenters. The summed E-state index contributed by atoms with van der Waals surface area (Å²) in [5.41, 5.74) is 2.58. The van der Waals surface area contributed by atoms with E-state index in [4.69, 9.17) is 9.72 Å². The van der Waals surface area contributed by atoms with E-state index in [2.05, 4.69) is 33.5 Å². The Hall–Kier alpha value is -2.12. The number of imidazole rings is 1. The molecule has 0 spiro atoms. The second-order valence-corrected chi connectivity index (χ2v) is 8.76. The molecule has 0 aromatic carbocycles. The fraction of sp³-hybridized carbons (Fsp3) is 0.652. The number of anilines is 1. The lowest BCUT2D eigenvalue weighted by Crippen LogP contribution is -2.41. The molecule has 2 aromatic rings. The van der Waals surface area contributed by atoms with Crippen LogP contribution in [0.3, 0.4) is 0 Å². The number of nitrogens with one attached hydrogen (secondary N) is 1. The molecule has 1 N–H and O–H groups in total. The molecule has 7 heteroatoms. The smallest absolute Gasteiger partial charge is 0.252 e. The molecule has 1 amide bonds. The first kappa shape index (κ1) is 21.1. The summed E-state index contributed by atoms with van der Waals surface area (Å²) in [5, 5.41) is 3.06. The Bertz CT molecular complexity index is 853. The normalized spacial score (nSPS) is 18.6. The van der Waals surface area contributed by atoms with Crippen LogP contribution in [0.15, 0.2) is 18.3 Å². The summed E-state index contributed by atoms with van der Waals surface area (Å²) >= 11 is 0. The highest BCUT2D eigenvalue weighted by molar-refractivity contribution is 5.94. The van der Waals surface area contributed by atoms with Crippen molar-refractivity contribution in [2.24, 2.45) is 5.92 Å². The third kappa shape index (κ3) is 4.95. The van der Waals surface area contributed by atoms with Crippen LogP contribution in [0.5, 0.6) is 0 Å². The summed E-state index contributed by atoms with van der Waals surface area (Å²) in [4.78, 5) is 22.1. The number of morpholine rings is 1. The fourth-order valence-electron chi connectivity index (χ4n) is 4.84. The predicted octanol–water partition coefficient (Wildman–Crippen LogP) is 2.72. The SMILES string of the molecule is Cc1nc2ccc(C(=O)NCCN3CCOCC3)cn2c1N(C)CC1CCCCC1. The summed E-state index contributed by atoms with van der Waals surface area (Å²) in [6, 6.07) is 3.82. The van der Waals surface area contributed by atoms with Crippen LogP contribution in [-0.4, -0.2) is 73.2 Å². The monoisotopic (exact) mass is 413 g/mol. The number of aryl methyl sites for hydroxylation is 1. The lowest BCUT2D eigenvalue weighted by atomic mass is 9.89. The molecule has 1 aliphatic heterocycles. The Morgan fingerprint density at radius 2 is 2.00 bits per heavy atom. The van der Waals surface area contributed by atoms with Crippen LogP contribution in [0.1, 0.15) is 48.2 Å². The molecule has 0 radical (unpaired) electrons. The Morgan fingerprint density at radius 3 is 2.77 bits per heavy atom. The van der Waals surface area contributed by atoms with Crippen molar-refractivity contribution in [2.45, 2.75) is 39.0 Å². The minimum atomic E-state index is -0.0302. The zero-order valence-electron chi connectivity index (χ0n) is 18.4. The van der Waals surface area contributed by atoms with E-state index in [0.717, 1.165) is 62.5 Å². The zero-order valence-corrected chi connectivity index (χ0v) is 18.4. The number of carbonyl (C=O) groups is 1. The molecule has 7 nitrogen and oxygen atoms in total. The van der Waals surface area contributed by atoms with Gasteiger partial charge in [-0.3, -0.25) is 14.1 Å². The molecule has 4 rings (SSSR count). The van der Waals surface area contributed by atoms with Crippen molar-refractivity contribution in [3.63, 3.8) is 0 Å². The minimum Gasteiger partial charge on any atom is -0.379 e. The van der Waals surface area contributed by atoms with E-state index in [1.165, 1.54) is 32.1 Å². The van der Waals surface area contributed by atoms with Crippen LogP contribution in [0, 0.1) is 12.8 Å². The van der Waals surface area contributed by atoms with Crippen LogP contribution in [0.4, 0.5) is 5.82 Å². The number of fused-ring (bicyclic) bond motifs is 1. The first-order chi connectivity index (χ1) is 14.6. The van der Waals surface area contributed by atoms with Crippen molar-refractivity contribution in [1.82, 2.24) is 19.6 Å². The maximum absolute atomic E-state index is 12.7. The highest BCUT2D eigenvalue weighted by Gasteiger charge is 2.20. The Balaban J connectivity index is 1.43. The lowest BCUT2D eigenvalue weighted by molar-refractivity contribution is 0.0383. The van der Waals surface area contributed by atoms with Crippen LogP contribution in [-0.2, 0) is 4.74 Å². The van der Waals surface area contributed by atoms with E-state index in [-0.39, 0.29) is 5.91 Å². The van der Waals surface area contributed by atoms with Gasteiger partial charge in [-0.15, -0.1) is 0 Å². The number of nitrogens with zero attached hydrogens (tertiary/aromatic N) is 4. The number of aromatic nitrogens is 2. The number of rotatable bonds is 7. The fourth-order valence-corrected chi connectivity index (χ4v) is 4.84. The van der Waals surface area contributed by atoms with Crippen molar-refractivity contribution in [2.75, 3.05) is 57.9 Å². The average molecular weight is 414 g/mol. The molecular weight excluding hydrogens is 378 g/mol. The molecule has 1 saturated carbocycles. The maximum atomic E-state index is 12.7. The van der Waals surface area contributed by atoms with Crippen molar-refractivity contribution in [3.8, 4) is 0 Å². The molecule has 0 bridgehead atoms. The van der Waals surface area contributed by atoms with Gasteiger partial charge in [0.1, 0.15) is 11.5 Å². The predicted molar refractivity (Wildman–Crippen MR) is 119 cm³/mol. The maximum Gasteiger partial charge on any atom is 0.252 e. The van der Waals surface area contributed by atoms with Gasteiger partial charge in [-0.25, -0.2) is 4.98 Å². The third-order valence-corrected chi connectivity index (χ3v) is 6.46. The van der Waals surface area contributed by atoms with Gasteiger partial charge >= 0.3 is 0 Å². The number of pyridine rings is 1. The number of amides is 1. The number of carbonyl (C=O) groups excluding carboxylic acids is 1. The van der Waals surface area contributed by atoms with Gasteiger partial charge in [0.25, 0.3) is 5.91 Å². The summed E-state index contributed by atoms with van der Waals surface area (Å²) < 4.78 is 7.45. The third-order valence-electron chi connectivity index (χ3n) is 6.46. The van der Waals surface area contributed by atoms with Crippen molar-refractivity contribution in [3.05, 3.63) is 29.6 Å². The lowest BCUT2D eigenvalue weighted by Gasteiger charge is -2.28. The molecule has 1 aliphatic carbocycles. The van der Waals surface area contributed by atoms with E-state index in [1.807, 2.05) is 18.3 Å². The highest BCUT2D eigenvalue weighted by Crippen LogP contribution is 2.28. The second-order valence-electron chi connectivity index (χ2n) is 8.76. The van der Waals surface area contributed by atoms with E-state index in [9.17, 15) is 4.79 Å². The van der Waals surface area contributed by atoms with Crippen molar-refractivity contribution < 1.29 is 9.53 Å². The van der Waals surface area contributed by atoms with Gasteiger partial charge in [0, 0.05) is 46.0 Å². The Labute approximate surface area is 179 Å². The van der Waals surface area contributed by atoms with Gasteiger partial charge in [0.05, 0.1) is 24.5 Å². The van der Waals surface area contributed by atoms with Gasteiger partial charge in [0.2, 0.25) is 0 Å². The highest BCUT2D eigenvalue weighted by atomic mass is 16.5. The Kier molecular flexibility index (Phi) is 6.89. The van der Waals surface area contributed by atoms with E-state index >= 15 is 0 Å². The number of hydrogen-bond acceptors (Lipinski definition) is 5. The average Bonchev–Trinajstić information content (AvgIpc) is 3.10. The van der Waals surface area contributed by atoms with Gasteiger partial charge < -0.3 is 15.0 Å². The first-order valence-electron chi connectivity index (χ1n) is 11.4. The number of hydrogen-bond donors (Lipinski definition) is 1. The summed E-state index contributed by atoms with van der Waals surface area (Å²) in [7, 11) is 2.15. The first-order valence-corrected chi connectivity index (χ1v) is 11.4. The summed E-state index contributed by atoms with van der Waals surface area (Å²) in [5.74, 6) is 1.82. The number of ether oxygens (including phenoxy) is 1. The van der Waals surface area contributed by atoms with Crippen LogP contribution in [0.25, 0.3) is 5.65 Å². The topological polar surface area (TPSA) is 62.1 Å². The largest absolute Gasteiger partial charge is 0.379 e. The van der Waals surface area contributed by atoms with Gasteiger partial charge in [-0.1, -0.05) is 19.3 Å². The summed E-state index contributed by atoms with van der Waals surface area (Å²) in [6.45, 7) is 8.04. The van der Waals surface area contributed by atoms with Gasteiger partial charge in [-0.05, 0) is 37.8 Å².